The summed E-state index contributed by atoms with van der Waals surface area (Å²) < 4.78 is 11.0. The standard InChI is InChI=1S/C14H23NO3/c1-5-17-13-8-7-11(9-14(13)18-6-2)12(16)10-15(3)4/h7-9,12,16H,5-6,10H2,1-4H3. The number of hydrogen-bond donors (Lipinski definition) is 1. The summed E-state index contributed by atoms with van der Waals surface area (Å²) in [4.78, 5) is 1.95. The molecule has 0 heterocycles. The lowest BCUT2D eigenvalue weighted by Crippen LogP contribution is -2.20. The number of aliphatic hydroxyl groups excluding tert-OH is 1. The molecule has 0 saturated carbocycles. The van der Waals surface area contributed by atoms with Crippen LogP contribution in [-0.4, -0.2) is 43.9 Å². The van der Waals surface area contributed by atoms with E-state index in [0.29, 0.717) is 25.5 Å². The molecule has 0 saturated heterocycles. The molecule has 1 aromatic rings. The van der Waals surface area contributed by atoms with Crippen LogP contribution in [0.5, 0.6) is 11.5 Å². The number of ether oxygens (including phenoxy) is 2. The molecule has 1 N–H and O–H groups in total. The molecule has 0 radical (unpaired) electrons. The van der Waals surface area contributed by atoms with Gasteiger partial charge < -0.3 is 19.5 Å². The van der Waals surface area contributed by atoms with Crippen molar-refractivity contribution in [1.82, 2.24) is 4.90 Å². The van der Waals surface area contributed by atoms with E-state index in [0.717, 1.165) is 11.3 Å². The first-order chi connectivity index (χ1) is 8.58. The molecule has 0 bridgehead atoms. The van der Waals surface area contributed by atoms with Crippen LogP contribution < -0.4 is 9.47 Å². The number of likely N-dealkylation sites (N-methyl/N-ethyl adjacent to an activating group) is 1. The van der Waals surface area contributed by atoms with Crippen molar-refractivity contribution >= 4 is 0 Å². The van der Waals surface area contributed by atoms with Crippen molar-refractivity contribution in [2.45, 2.75) is 20.0 Å². The molecule has 0 aliphatic carbocycles. The SMILES string of the molecule is CCOc1ccc(C(O)CN(C)C)cc1OCC. The van der Waals surface area contributed by atoms with Crippen molar-refractivity contribution in [3.8, 4) is 11.5 Å². The van der Waals surface area contributed by atoms with Gasteiger partial charge >= 0.3 is 0 Å². The normalized spacial score (nSPS) is 12.6. The van der Waals surface area contributed by atoms with Gasteiger partial charge in [0.15, 0.2) is 11.5 Å². The topological polar surface area (TPSA) is 41.9 Å². The number of benzene rings is 1. The lowest BCUT2D eigenvalue weighted by Gasteiger charge is -2.18. The van der Waals surface area contributed by atoms with Crippen LogP contribution in [0.2, 0.25) is 0 Å². The average molecular weight is 253 g/mol. The Bertz CT molecular complexity index is 366. The minimum Gasteiger partial charge on any atom is -0.490 e. The van der Waals surface area contributed by atoms with E-state index in [1.54, 1.807) is 0 Å². The molecular weight excluding hydrogens is 230 g/mol. The fourth-order valence-corrected chi connectivity index (χ4v) is 1.73. The Morgan fingerprint density at radius 2 is 1.72 bits per heavy atom. The molecule has 0 aromatic heterocycles. The molecule has 0 spiro atoms. The Morgan fingerprint density at radius 1 is 1.11 bits per heavy atom. The van der Waals surface area contributed by atoms with Crippen LogP contribution in [0, 0.1) is 0 Å². The van der Waals surface area contributed by atoms with Gasteiger partial charge in [-0.15, -0.1) is 0 Å². The molecule has 1 aromatic carbocycles. The maximum atomic E-state index is 10.1. The second kappa shape index (κ2) is 7.24. The summed E-state index contributed by atoms with van der Waals surface area (Å²) in [6.07, 6.45) is -0.519. The van der Waals surface area contributed by atoms with Crippen LogP contribution in [0.1, 0.15) is 25.5 Å². The molecular formula is C14H23NO3. The van der Waals surface area contributed by atoms with E-state index in [1.807, 2.05) is 51.0 Å². The van der Waals surface area contributed by atoms with Crippen LogP contribution >= 0.6 is 0 Å². The minimum absolute atomic E-state index is 0.519. The van der Waals surface area contributed by atoms with Crippen molar-refractivity contribution in [3.63, 3.8) is 0 Å². The highest BCUT2D eigenvalue weighted by Gasteiger charge is 2.12. The Hall–Kier alpha value is -1.26. The first kappa shape index (κ1) is 14.8. The van der Waals surface area contributed by atoms with Crippen LogP contribution in [-0.2, 0) is 0 Å². The number of hydrogen-bond acceptors (Lipinski definition) is 4. The molecule has 4 nitrogen and oxygen atoms in total. The average Bonchev–Trinajstić information content (AvgIpc) is 2.31. The summed E-state index contributed by atoms with van der Waals surface area (Å²) in [5, 5.41) is 10.1. The molecule has 4 heteroatoms. The smallest absolute Gasteiger partial charge is 0.161 e. The van der Waals surface area contributed by atoms with Crippen molar-refractivity contribution in [2.24, 2.45) is 0 Å². The second-order valence-electron chi connectivity index (χ2n) is 4.35. The van der Waals surface area contributed by atoms with Crippen LogP contribution in [0.3, 0.4) is 0 Å². The van der Waals surface area contributed by atoms with Gasteiger partial charge in [0.25, 0.3) is 0 Å². The summed E-state index contributed by atoms with van der Waals surface area (Å²) in [5.41, 5.74) is 0.843. The summed E-state index contributed by atoms with van der Waals surface area (Å²) in [5.74, 6) is 1.41. The third kappa shape index (κ3) is 4.20. The summed E-state index contributed by atoms with van der Waals surface area (Å²) in [6, 6.07) is 5.58. The lowest BCUT2D eigenvalue weighted by atomic mass is 10.1. The zero-order valence-corrected chi connectivity index (χ0v) is 11.6. The van der Waals surface area contributed by atoms with Gasteiger partial charge in [0.05, 0.1) is 19.3 Å². The Kier molecular flexibility index (Phi) is 5.95. The maximum absolute atomic E-state index is 10.1. The van der Waals surface area contributed by atoms with Gasteiger partial charge in [-0.05, 0) is 45.6 Å². The second-order valence-corrected chi connectivity index (χ2v) is 4.35. The van der Waals surface area contributed by atoms with E-state index in [9.17, 15) is 5.11 Å². The zero-order valence-electron chi connectivity index (χ0n) is 11.6. The highest BCUT2D eigenvalue weighted by molar-refractivity contribution is 5.43. The Labute approximate surface area is 109 Å². The van der Waals surface area contributed by atoms with Crippen molar-refractivity contribution in [2.75, 3.05) is 33.9 Å². The summed E-state index contributed by atoms with van der Waals surface area (Å²) >= 11 is 0. The predicted octanol–water partition coefficient (Wildman–Crippen LogP) is 2.08. The first-order valence-electron chi connectivity index (χ1n) is 6.30. The highest BCUT2D eigenvalue weighted by Crippen LogP contribution is 2.30. The van der Waals surface area contributed by atoms with Gasteiger partial charge in [0, 0.05) is 6.54 Å². The zero-order chi connectivity index (χ0) is 13.5. The first-order valence-corrected chi connectivity index (χ1v) is 6.30. The van der Waals surface area contributed by atoms with Gasteiger partial charge in [-0.1, -0.05) is 6.07 Å². The van der Waals surface area contributed by atoms with Crippen molar-refractivity contribution in [3.05, 3.63) is 23.8 Å². The quantitative estimate of drug-likeness (QED) is 0.808. The van der Waals surface area contributed by atoms with E-state index in [2.05, 4.69) is 0 Å². The largest absolute Gasteiger partial charge is 0.490 e. The summed E-state index contributed by atoms with van der Waals surface area (Å²) in [6.45, 7) is 5.62. The molecule has 0 aliphatic heterocycles. The van der Waals surface area contributed by atoms with Gasteiger partial charge in [-0.3, -0.25) is 0 Å². The maximum Gasteiger partial charge on any atom is 0.161 e. The van der Waals surface area contributed by atoms with Crippen LogP contribution in [0.4, 0.5) is 0 Å². The minimum atomic E-state index is -0.519. The summed E-state index contributed by atoms with van der Waals surface area (Å²) in [7, 11) is 3.86. The van der Waals surface area contributed by atoms with Crippen LogP contribution in [0.15, 0.2) is 18.2 Å². The molecule has 18 heavy (non-hydrogen) atoms. The third-order valence-corrected chi connectivity index (χ3v) is 2.49. The van der Waals surface area contributed by atoms with E-state index in [1.165, 1.54) is 0 Å². The van der Waals surface area contributed by atoms with E-state index in [-0.39, 0.29) is 0 Å². The Morgan fingerprint density at radius 3 is 2.28 bits per heavy atom. The molecule has 0 amide bonds. The van der Waals surface area contributed by atoms with Gasteiger partial charge in [-0.2, -0.15) is 0 Å². The lowest BCUT2D eigenvalue weighted by molar-refractivity contribution is 0.138. The van der Waals surface area contributed by atoms with E-state index in [4.69, 9.17) is 9.47 Å². The molecule has 1 rings (SSSR count). The van der Waals surface area contributed by atoms with Gasteiger partial charge in [0.2, 0.25) is 0 Å². The number of rotatable bonds is 7. The molecule has 1 atom stereocenters. The van der Waals surface area contributed by atoms with E-state index < -0.39 is 6.10 Å². The number of aliphatic hydroxyl groups is 1. The van der Waals surface area contributed by atoms with Crippen LogP contribution in [0.25, 0.3) is 0 Å². The van der Waals surface area contributed by atoms with Gasteiger partial charge in [-0.25, -0.2) is 0 Å². The third-order valence-electron chi connectivity index (χ3n) is 2.49. The van der Waals surface area contributed by atoms with Crippen molar-refractivity contribution < 1.29 is 14.6 Å². The molecule has 0 fully saturated rings. The Balaban J connectivity index is 2.91. The fourth-order valence-electron chi connectivity index (χ4n) is 1.73. The predicted molar refractivity (Wildman–Crippen MR) is 72.3 cm³/mol. The molecule has 102 valence electrons. The molecule has 1 unspecified atom stereocenters. The number of nitrogens with zero attached hydrogens (tertiary/aromatic N) is 1. The van der Waals surface area contributed by atoms with Gasteiger partial charge in [0.1, 0.15) is 0 Å². The highest BCUT2D eigenvalue weighted by atomic mass is 16.5. The monoisotopic (exact) mass is 253 g/mol. The molecule has 0 aliphatic rings. The van der Waals surface area contributed by atoms with E-state index >= 15 is 0 Å². The fraction of sp³-hybridized carbons (Fsp3) is 0.571. The van der Waals surface area contributed by atoms with Crippen molar-refractivity contribution in [1.29, 1.82) is 0 Å².